The fourth-order valence-corrected chi connectivity index (χ4v) is 1.91. The quantitative estimate of drug-likeness (QED) is 0.611. The highest BCUT2D eigenvalue weighted by Gasteiger charge is 2.43. The lowest BCUT2D eigenvalue weighted by Gasteiger charge is -2.11. The Morgan fingerprint density at radius 3 is 2.47 bits per heavy atom. The van der Waals surface area contributed by atoms with Crippen molar-refractivity contribution >= 4 is 17.5 Å². The van der Waals surface area contributed by atoms with Gasteiger partial charge in [0.25, 0.3) is 0 Å². The molecule has 1 aromatic rings. The largest absolute Gasteiger partial charge is 0.496 e. The van der Waals surface area contributed by atoms with Crippen LogP contribution < -0.4 is 4.74 Å². The SMILES string of the molecule is COc1cccc2c1C(=O)C(OC(=O)C(C)C)C2=O. The molecule has 0 amide bonds. The van der Waals surface area contributed by atoms with Crippen LogP contribution in [0.1, 0.15) is 34.6 Å². The van der Waals surface area contributed by atoms with Gasteiger partial charge in [-0.25, -0.2) is 0 Å². The lowest BCUT2D eigenvalue weighted by Crippen LogP contribution is -2.30. The van der Waals surface area contributed by atoms with Gasteiger partial charge < -0.3 is 9.47 Å². The maximum Gasteiger partial charge on any atom is 0.309 e. The summed E-state index contributed by atoms with van der Waals surface area (Å²) in [4.78, 5) is 35.8. The number of rotatable bonds is 3. The molecule has 0 aliphatic heterocycles. The maximum atomic E-state index is 12.2. The van der Waals surface area contributed by atoms with Crippen LogP contribution in [-0.2, 0) is 9.53 Å². The molecule has 19 heavy (non-hydrogen) atoms. The number of benzene rings is 1. The molecule has 1 unspecified atom stereocenters. The Balaban J connectivity index is 2.37. The fraction of sp³-hybridized carbons (Fsp3) is 0.357. The number of hydrogen-bond acceptors (Lipinski definition) is 5. The van der Waals surface area contributed by atoms with Crippen molar-refractivity contribution in [3.05, 3.63) is 29.3 Å². The number of methoxy groups -OCH3 is 1. The van der Waals surface area contributed by atoms with Crippen LogP contribution in [0.2, 0.25) is 0 Å². The molecule has 1 aliphatic rings. The lowest BCUT2D eigenvalue weighted by molar-refractivity contribution is -0.148. The first kappa shape index (κ1) is 13.3. The molecule has 0 N–H and O–H groups in total. The molecular weight excluding hydrogens is 248 g/mol. The first-order valence-electron chi connectivity index (χ1n) is 5.93. The molecule has 0 heterocycles. The summed E-state index contributed by atoms with van der Waals surface area (Å²) < 4.78 is 10.0. The van der Waals surface area contributed by atoms with E-state index in [-0.39, 0.29) is 11.1 Å². The lowest BCUT2D eigenvalue weighted by atomic mass is 10.1. The topological polar surface area (TPSA) is 69.7 Å². The second kappa shape index (κ2) is 4.84. The van der Waals surface area contributed by atoms with E-state index in [4.69, 9.17) is 9.47 Å². The first-order chi connectivity index (χ1) is 8.97. The molecule has 5 heteroatoms. The second-order valence-electron chi connectivity index (χ2n) is 4.58. The predicted molar refractivity (Wildman–Crippen MR) is 66.4 cm³/mol. The Morgan fingerprint density at radius 1 is 1.21 bits per heavy atom. The van der Waals surface area contributed by atoms with E-state index in [1.165, 1.54) is 13.2 Å². The van der Waals surface area contributed by atoms with Crippen molar-refractivity contribution in [2.45, 2.75) is 20.0 Å². The average molecular weight is 262 g/mol. The molecule has 100 valence electrons. The third-order valence-corrected chi connectivity index (χ3v) is 2.94. The van der Waals surface area contributed by atoms with E-state index in [9.17, 15) is 14.4 Å². The van der Waals surface area contributed by atoms with Crippen LogP contribution in [0.25, 0.3) is 0 Å². The van der Waals surface area contributed by atoms with Crippen molar-refractivity contribution in [1.29, 1.82) is 0 Å². The van der Waals surface area contributed by atoms with Crippen LogP contribution in [-0.4, -0.2) is 30.7 Å². The van der Waals surface area contributed by atoms with Gasteiger partial charge in [0.2, 0.25) is 17.7 Å². The molecule has 0 radical (unpaired) electrons. The number of hydrogen-bond donors (Lipinski definition) is 0. The zero-order valence-corrected chi connectivity index (χ0v) is 10.9. The zero-order valence-electron chi connectivity index (χ0n) is 10.9. The molecule has 0 saturated heterocycles. The third-order valence-electron chi connectivity index (χ3n) is 2.94. The summed E-state index contributed by atoms with van der Waals surface area (Å²) in [6.45, 7) is 3.28. The van der Waals surface area contributed by atoms with Crippen LogP contribution in [0.4, 0.5) is 0 Å². The molecule has 1 atom stereocenters. The number of Topliss-reactive ketones (excluding diaryl/α,β-unsaturated/α-hetero) is 2. The van der Waals surface area contributed by atoms with E-state index in [1.54, 1.807) is 26.0 Å². The monoisotopic (exact) mass is 262 g/mol. The van der Waals surface area contributed by atoms with E-state index in [0.717, 1.165) is 0 Å². The smallest absolute Gasteiger partial charge is 0.309 e. The van der Waals surface area contributed by atoms with Crippen LogP contribution in [0.15, 0.2) is 18.2 Å². The van der Waals surface area contributed by atoms with Crippen molar-refractivity contribution < 1.29 is 23.9 Å². The molecule has 5 nitrogen and oxygen atoms in total. The number of carbonyl (C=O) groups is 3. The van der Waals surface area contributed by atoms with Crippen molar-refractivity contribution in [3.63, 3.8) is 0 Å². The molecule has 0 aromatic heterocycles. The number of esters is 1. The highest BCUT2D eigenvalue weighted by atomic mass is 16.6. The average Bonchev–Trinajstić information content (AvgIpc) is 2.63. The van der Waals surface area contributed by atoms with Gasteiger partial charge in [-0.15, -0.1) is 0 Å². The van der Waals surface area contributed by atoms with Gasteiger partial charge in [0.05, 0.1) is 18.6 Å². The summed E-state index contributed by atoms with van der Waals surface area (Å²) in [5.74, 6) is -1.66. The summed E-state index contributed by atoms with van der Waals surface area (Å²) in [6, 6.07) is 4.74. The standard InChI is InChI=1S/C14H14O5/c1-7(2)14(17)19-13-11(15)8-5-4-6-9(18-3)10(8)12(13)16/h4-7,13H,1-3H3. The molecule has 0 fully saturated rings. The van der Waals surface area contributed by atoms with Crippen molar-refractivity contribution in [2.24, 2.45) is 5.92 Å². The molecule has 1 aliphatic carbocycles. The second-order valence-corrected chi connectivity index (χ2v) is 4.58. The minimum Gasteiger partial charge on any atom is -0.496 e. The fourth-order valence-electron chi connectivity index (χ4n) is 1.91. The third kappa shape index (κ3) is 2.12. The van der Waals surface area contributed by atoms with Crippen molar-refractivity contribution in [2.75, 3.05) is 7.11 Å². The predicted octanol–water partition coefficient (Wildman–Crippen LogP) is 1.64. The van der Waals surface area contributed by atoms with Gasteiger partial charge >= 0.3 is 5.97 Å². The molecule has 0 bridgehead atoms. The summed E-state index contributed by atoms with van der Waals surface area (Å²) in [6.07, 6.45) is -1.37. The molecule has 2 rings (SSSR count). The highest BCUT2D eigenvalue weighted by molar-refractivity contribution is 6.30. The van der Waals surface area contributed by atoms with E-state index < -0.39 is 29.6 Å². The van der Waals surface area contributed by atoms with Crippen LogP contribution in [0.3, 0.4) is 0 Å². The molecule has 1 aromatic carbocycles. The molecule has 0 saturated carbocycles. The van der Waals surface area contributed by atoms with Crippen molar-refractivity contribution in [1.82, 2.24) is 0 Å². The molecule has 0 spiro atoms. The maximum absolute atomic E-state index is 12.2. The van der Waals surface area contributed by atoms with E-state index in [0.29, 0.717) is 5.75 Å². The number of fused-ring (bicyclic) bond motifs is 1. The van der Waals surface area contributed by atoms with Crippen LogP contribution in [0.5, 0.6) is 5.75 Å². The first-order valence-corrected chi connectivity index (χ1v) is 5.93. The minimum absolute atomic E-state index is 0.191. The van der Waals surface area contributed by atoms with Gasteiger partial charge in [-0.05, 0) is 6.07 Å². The Kier molecular flexibility index (Phi) is 3.38. The Labute approximate surface area is 110 Å². The van der Waals surface area contributed by atoms with Gasteiger partial charge in [0.1, 0.15) is 5.75 Å². The Hall–Kier alpha value is -2.17. The van der Waals surface area contributed by atoms with E-state index >= 15 is 0 Å². The number of ether oxygens (including phenoxy) is 2. The van der Waals surface area contributed by atoms with Gasteiger partial charge in [-0.1, -0.05) is 26.0 Å². The number of ketones is 2. The Morgan fingerprint density at radius 2 is 1.89 bits per heavy atom. The van der Waals surface area contributed by atoms with Crippen molar-refractivity contribution in [3.8, 4) is 5.75 Å². The summed E-state index contributed by atoms with van der Waals surface area (Å²) in [5, 5.41) is 0. The van der Waals surface area contributed by atoms with Crippen LogP contribution >= 0.6 is 0 Å². The van der Waals surface area contributed by atoms with Crippen LogP contribution in [0, 0.1) is 5.92 Å². The summed E-state index contributed by atoms with van der Waals surface area (Å²) >= 11 is 0. The molecular formula is C14H14O5. The summed E-state index contributed by atoms with van der Waals surface area (Å²) in [5.41, 5.74) is 0.433. The Bertz CT molecular complexity index is 559. The minimum atomic E-state index is -1.37. The normalized spacial score (nSPS) is 17.6. The zero-order chi connectivity index (χ0) is 14.2. The van der Waals surface area contributed by atoms with Gasteiger partial charge in [0.15, 0.2) is 0 Å². The van der Waals surface area contributed by atoms with E-state index in [2.05, 4.69) is 0 Å². The van der Waals surface area contributed by atoms with Gasteiger partial charge in [0, 0.05) is 5.56 Å². The highest BCUT2D eigenvalue weighted by Crippen LogP contribution is 2.32. The van der Waals surface area contributed by atoms with Gasteiger partial charge in [-0.2, -0.15) is 0 Å². The summed E-state index contributed by atoms with van der Waals surface area (Å²) in [7, 11) is 1.42. The van der Waals surface area contributed by atoms with E-state index in [1.807, 2.05) is 0 Å². The number of carbonyl (C=O) groups excluding carboxylic acids is 3. The van der Waals surface area contributed by atoms with Gasteiger partial charge in [-0.3, -0.25) is 14.4 Å².